The fourth-order valence-corrected chi connectivity index (χ4v) is 3.34. The van der Waals surface area contributed by atoms with E-state index in [9.17, 15) is 4.79 Å². The number of hydrogen-bond acceptors (Lipinski definition) is 4. The fraction of sp³-hybridized carbons (Fsp3) is 0.316. The molecular formula is C19H20N4O. The Morgan fingerprint density at radius 1 is 1.21 bits per heavy atom. The Morgan fingerprint density at radius 2 is 2.08 bits per heavy atom. The van der Waals surface area contributed by atoms with Crippen LogP contribution in [0.25, 0.3) is 0 Å². The standard InChI is InChI=1S/C19H20N4O/c24-19(15-2-1-7-21-11-15)23-16-4-3-14-12-22-18(17(14)10-16)13-5-8-20-9-6-13/h3-6,8-10,15,21H,1-2,7,11-12H2,(H,23,24). The Morgan fingerprint density at radius 3 is 2.88 bits per heavy atom. The third-order valence-electron chi connectivity index (χ3n) is 4.66. The number of nitrogens with zero attached hydrogens (tertiary/aromatic N) is 2. The van der Waals surface area contributed by atoms with Crippen molar-refractivity contribution in [2.24, 2.45) is 10.9 Å². The van der Waals surface area contributed by atoms with Gasteiger partial charge in [0.05, 0.1) is 18.2 Å². The number of anilines is 1. The van der Waals surface area contributed by atoms with Crippen molar-refractivity contribution in [3.05, 3.63) is 59.4 Å². The van der Waals surface area contributed by atoms with Gasteiger partial charge in [0.25, 0.3) is 0 Å². The third kappa shape index (κ3) is 2.95. The molecule has 1 atom stereocenters. The van der Waals surface area contributed by atoms with Crippen LogP contribution in [-0.4, -0.2) is 29.7 Å². The number of fused-ring (bicyclic) bond motifs is 1. The number of carbonyl (C=O) groups excluding carboxylic acids is 1. The molecule has 1 unspecified atom stereocenters. The van der Waals surface area contributed by atoms with Gasteiger partial charge in [-0.25, -0.2) is 0 Å². The molecule has 1 amide bonds. The van der Waals surface area contributed by atoms with E-state index in [1.807, 2.05) is 24.3 Å². The van der Waals surface area contributed by atoms with Crippen molar-refractivity contribution in [3.8, 4) is 0 Å². The van der Waals surface area contributed by atoms with Crippen molar-refractivity contribution >= 4 is 17.3 Å². The zero-order valence-electron chi connectivity index (χ0n) is 13.5. The molecule has 5 nitrogen and oxygen atoms in total. The van der Waals surface area contributed by atoms with Crippen molar-refractivity contribution in [2.45, 2.75) is 19.4 Å². The van der Waals surface area contributed by atoms with Crippen LogP contribution in [0.5, 0.6) is 0 Å². The molecule has 1 saturated heterocycles. The summed E-state index contributed by atoms with van der Waals surface area (Å²) < 4.78 is 0. The second-order valence-corrected chi connectivity index (χ2v) is 6.31. The number of aliphatic imine (C=N–C) groups is 1. The summed E-state index contributed by atoms with van der Waals surface area (Å²) in [4.78, 5) is 21.1. The summed E-state index contributed by atoms with van der Waals surface area (Å²) >= 11 is 0. The SMILES string of the molecule is O=C(Nc1ccc2c(c1)C(c1ccncc1)=NC2)C1CCCNC1. The van der Waals surface area contributed by atoms with Gasteiger partial charge in [-0.1, -0.05) is 6.07 Å². The molecule has 0 spiro atoms. The minimum Gasteiger partial charge on any atom is -0.326 e. The number of hydrogen-bond donors (Lipinski definition) is 2. The molecule has 4 rings (SSSR count). The molecule has 2 N–H and O–H groups in total. The Labute approximate surface area is 141 Å². The van der Waals surface area contributed by atoms with Crippen LogP contribution < -0.4 is 10.6 Å². The monoisotopic (exact) mass is 320 g/mol. The Bertz CT molecular complexity index is 779. The van der Waals surface area contributed by atoms with Crippen molar-refractivity contribution in [1.82, 2.24) is 10.3 Å². The number of piperidine rings is 1. The lowest BCUT2D eigenvalue weighted by molar-refractivity contribution is -0.120. The molecule has 0 bridgehead atoms. The molecule has 2 aromatic rings. The van der Waals surface area contributed by atoms with E-state index < -0.39 is 0 Å². The zero-order chi connectivity index (χ0) is 16.4. The number of carbonyl (C=O) groups is 1. The molecule has 2 aliphatic rings. The predicted octanol–water partition coefficient (Wildman–Crippen LogP) is 2.37. The van der Waals surface area contributed by atoms with Gasteiger partial charge in [0.2, 0.25) is 5.91 Å². The van der Waals surface area contributed by atoms with Crippen LogP contribution in [0.3, 0.4) is 0 Å². The summed E-state index contributed by atoms with van der Waals surface area (Å²) in [6.45, 7) is 2.46. The number of nitrogens with one attached hydrogen (secondary N) is 2. The van der Waals surface area contributed by atoms with Gasteiger partial charge in [-0.05, 0) is 49.2 Å². The zero-order valence-corrected chi connectivity index (χ0v) is 13.5. The van der Waals surface area contributed by atoms with Crippen LogP contribution >= 0.6 is 0 Å². The van der Waals surface area contributed by atoms with Gasteiger partial charge in [0.15, 0.2) is 0 Å². The molecule has 1 aromatic heterocycles. The van der Waals surface area contributed by atoms with Gasteiger partial charge >= 0.3 is 0 Å². The maximum atomic E-state index is 12.4. The lowest BCUT2D eigenvalue weighted by atomic mass is 9.98. The molecule has 0 aliphatic carbocycles. The molecule has 5 heteroatoms. The highest BCUT2D eigenvalue weighted by molar-refractivity contribution is 6.15. The first kappa shape index (κ1) is 15.0. The average molecular weight is 320 g/mol. The summed E-state index contributed by atoms with van der Waals surface area (Å²) in [6.07, 6.45) is 5.56. The van der Waals surface area contributed by atoms with E-state index in [1.165, 1.54) is 5.56 Å². The van der Waals surface area contributed by atoms with Gasteiger partial charge in [-0.2, -0.15) is 0 Å². The van der Waals surface area contributed by atoms with Gasteiger partial charge in [-0.3, -0.25) is 14.8 Å². The Kier molecular flexibility index (Phi) is 4.09. The van der Waals surface area contributed by atoms with Crippen LogP contribution in [0, 0.1) is 5.92 Å². The lowest BCUT2D eigenvalue weighted by Crippen LogP contribution is -2.37. The number of aromatic nitrogens is 1. The summed E-state index contributed by atoms with van der Waals surface area (Å²) in [7, 11) is 0. The van der Waals surface area contributed by atoms with Gasteiger partial charge in [0, 0.05) is 35.8 Å². The molecule has 24 heavy (non-hydrogen) atoms. The van der Waals surface area contributed by atoms with E-state index in [-0.39, 0.29) is 11.8 Å². The van der Waals surface area contributed by atoms with Crippen molar-refractivity contribution in [2.75, 3.05) is 18.4 Å². The van der Waals surface area contributed by atoms with Gasteiger partial charge in [0.1, 0.15) is 0 Å². The van der Waals surface area contributed by atoms with E-state index in [2.05, 4.69) is 26.7 Å². The number of pyridine rings is 1. The molecule has 122 valence electrons. The van der Waals surface area contributed by atoms with E-state index in [0.29, 0.717) is 6.54 Å². The summed E-state index contributed by atoms with van der Waals surface area (Å²) in [5, 5.41) is 6.35. The smallest absolute Gasteiger partial charge is 0.228 e. The first-order valence-electron chi connectivity index (χ1n) is 8.41. The second-order valence-electron chi connectivity index (χ2n) is 6.31. The van der Waals surface area contributed by atoms with Gasteiger partial charge < -0.3 is 10.6 Å². The van der Waals surface area contributed by atoms with Crippen LogP contribution in [0.4, 0.5) is 5.69 Å². The molecule has 0 radical (unpaired) electrons. The number of rotatable bonds is 3. The molecule has 2 aliphatic heterocycles. The fourth-order valence-electron chi connectivity index (χ4n) is 3.34. The molecular weight excluding hydrogens is 300 g/mol. The predicted molar refractivity (Wildman–Crippen MR) is 94.2 cm³/mol. The quantitative estimate of drug-likeness (QED) is 0.912. The maximum absolute atomic E-state index is 12.4. The van der Waals surface area contributed by atoms with Gasteiger partial charge in [-0.15, -0.1) is 0 Å². The average Bonchev–Trinajstić information content (AvgIpc) is 3.06. The first-order valence-corrected chi connectivity index (χ1v) is 8.41. The summed E-state index contributed by atoms with van der Waals surface area (Å²) in [5.41, 5.74) is 5.17. The van der Waals surface area contributed by atoms with E-state index in [4.69, 9.17) is 0 Å². The summed E-state index contributed by atoms with van der Waals surface area (Å²) in [5.74, 6) is 0.155. The molecule has 0 saturated carbocycles. The second kappa shape index (κ2) is 6.53. The topological polar surface area (TPSA) is 66.4 Å². The number of benzene rings is 1. The van der Waals surface area contributed by atoms with Crippen LogP contribution in [-0.2, 0) is 11.3 Å². The minimum atomic E-state index is 0.0559. The highest BCUT2D eigenvalue weighted by Gasteiger charge is 2.22. The highest BCUT2D eigenvalue weighted by atomic mass is 16.1. The third-order valence-corrected chi connectivity index (χ3v) is 4.66. The van der Waals surface area contributed by atoms with Crippen LogP contribution in [0.1, 0.15) is 29.5 Å². The molecule has 3 heterocycles. The molecule has 1 aromatic carbocycles. The largest absolute Gasteiger partial charge is 0.326 e. The van der Waals surface area contributed by atoms with E-state index >= 15 is 0 Å². The number of amides is 1. The van der Waals surface area contributed by atoms with Crippen LogP contribution in [0.15, 0.2) is 47.7 Å². The Hall–Kier alpha value is -2.53. The molecule has 1 fully saturated rings. The van der Waals surface area contributed by atoms with Crippen molar-refractivity contribution < 1.29 is 4.79 Å². The highest BCUT2D eigenvalue weighted by Crippen LogP contribution is 2.26. The normalized spacial score (nSPS) is 19.5. The Balaban J connectivity index is 1.55. The maximum Gasteiger partial charge on any atom is 0.228 e. The lowest BCUT2D eigenvalue weighted by Gasteiger charge is -2.22. The minimum absolute atomic E-state index is 0.0559. The first-order chi connectivity index (χ1) is 11.8. The van der Waals surface area contributed by atoms with E-state index in [0.717, 1.165) is 48.5 Å². The van der Waals surface area contributed by atoms with Crippen molar-refractivity contribution in [3.63, 3.8) is 0 Å². The van der Waals surface area contributed by atoms with E-state index in [1.54, 1.807) is 12.4 Å². The van der Waals surface area contributed by atoms with Crippen molar-refractivity contribution in [1.29, 1.82) is 0 Å². The summed E-state index contributed by atoms with van der Waals surface area (Å²) in [6, 6.07) is 10.00. The van der Waals surface area contributed by atoms with Crippen LogP contribution in [0.2, 0.25) is 0 Å².